The van der Waals surface area contributed by atoms with Crippen LogP contribution in [0.2, 0.25) is 0 Å². The Hall–Kier alpha value is -4.16. The highest BCUT2D eigenvalue weighted by atomic mass is 16.6. The second kappa shape index (κ2) is 8.81. The van der Waals surface area contributed by atoms with Crippen LogP contribution in [0.15, 0.2) is 29.0 Å². The molecular weight excluding hydrogens is 468 g/mol. The van der Waals surface area contributed by atoms with Crippen LogP contribution in [-0.4, -0.2) is 72.1 Å². The number of nitrogen functional groups attached to an aromatic ring is 1. The van der Waals surface area contributed by atoms with Crippen molar-refractivity contribution in [2.24, 2.45) is 5.92 Å². The number of hydrogen-bond donors (Lipinski definition) is 1. The number of amides is 1. The Kier molecular flexibility index (Phi) is 5.77. The number of anilines is 1. The van der Waals surface area contributed by atoms with Gasteiger partial charge in [-0.25, -0.2) is 19.3 Å². The Labute approximate surface area is 206 Å². The molecule has 1 aliphatic rings. The molecule has 4 aromatic rings. The third-order valence-corrected chi connectivity index (χ3v) is 6.14. The van der Waals surface area contributed by atoms with Gasteiger partial charge in [0.15, 0.2) is 23.1 Å². The van der Waals surface area contributed by atoms with Gasteiger partial charge in [0.05, 0.1) is 25.0 Å². The van der Waals surface area contributed by atoms with E-state index in [0.29, 0.717) is 54.2 Å². The van der Waals surface area contributed by atoms with Crippen molar-refractivity contribution in [1.82, 2.24) is 34.3 Å². The van der Waals surface area contributed by atoms with Crippen LogP contribution >= 0.6 is 0 Å². The molecule has 0 spiro atoms. The maximum atomic E-state index is 13.0. The van der Waals surface area contributed by atoms with Crippen molar-refractivity contribution in [2.75, 3.05) is 25.9 Å². The third-order valence-electron chi connectivity index (χ3n) is 6.14. The summed E-state index contributed by atoms with van der Waals surface area (Å²) < 4.78 is 19.0. The lowest BCUT2D eigenvalue weighted by molar-refractivity contribution is -0.147. The third kappa shape index (κ3) is 4.20. The fraction of sp³-hybridized carbons (Fsp3) is 0.478. The lowest BCUT2D eigenvalue weighted by atomic mass is 9.89. The molecule has 13 heteroatoms. The van der Waals surface area contributed by atoms with E-state index >= 15 is 0 Å². The van der Waals surface area contributed by atoms with Gasteiger partial charge in [-0.1, -0.05) is 0 Å². The molecule has 1 saturated heterocycles. The van der Waals surface area contributed by atoms with Crippen molar-refractivity contribution in [3.8, 4) is 11.6 Å². The summed E-state index contributed by atoms with van der Waals surface area (Å²) in [5.41, 5.74) is 6.47. The summed E-state index contributed by atoms with van der Waals surface area (Å²) in [4.78, 5) is 36.2. The second-order valence-corrected chi connectivity index (χ2v) is 9.72. The molecule has 0 radical (unpaired) electrons. The number of carbonyl (C=O) groups is 2. The zero-order valence-corrected chi connectivity index (χ0v) is 20.5. The highest BCUT2D eigenvalue weighted by Crippen LogP contribution is 2.33. The quantitative estimate of drug-likeness (QED) is 0.417. The minimum atomic E-state index is -0.755. The van der Waals surface area contributed by atoms with E-state index in [1.54, 1.807) is 23.2 Å². The first-order valence-corrected chi connectivity index (χ1v) is 11.7. The van der Waals surface area contributed by atoms with Gasteiger partial charge < -0.3 is 24.5 Å². The zero-order chi connectivity index (χ0) is 25.6. The van der Waals surface area contributed by atoms with E-state index in [0.717, 1.165) is 0 Å². The summed E-state index contributed by atoms with van der Waals surface area (Å²) in [7, 11) is 1.34. The number of piperidine rings is 1. The molecular formula is C23H28N8O5. The molecule has 0 aromatic carbocycles. The van der Waals surface area contributed by atoms with Gasteiger partial charge in [-0.05, 0) is 51.7 Å². The molecule has 13 nitrogen and oxygen atoms in total. The van der Waals surface area contributed by atoms with Crippen molar-refractivity contribution in [3.05, 3.63) is 24.6 Å². The van der Waals surface area contributed by atoms with Crippen LogP contribution in [-0.2, 0) is 14.3 Å². The van der Waals surface area contributed by atoms with Gasteiger partial charge in [0.25, 0.3) is 0 Å². The fourth-order valence-corrected chi connectivity index (χ4v) is 4.48. The van der Waals surface area contributed by atoms with E-state index in [9.17, 15) is 9.59 Å². The van der Waals surface area contributed by atoms with E-state index in [4.69, 9.17) is 19.6 Å². The maximum absolute atomic E-state index is 13.0. The molecule has 1 unspecified atom stereocenters. The predicted octanol–water partition coefficient (Wildman–Crippen LogP) is 2.68. The van der Waals surface area contributed by atoms with Gasteiger partial charge >= 0.3 is 12.1 Å². The molecule has 2 N–H and O–H groups in total. The van der Waals surface area contributed by atoms with Gasteiger partial charge in [-0.2, -0.15) is 14.6 Å². The molecule has 190 valence electrons. The number of methoxy groups -OCH3 is 1. The standard InChI is InChI=1S/C23H28N8O5/c1-23(2,3)36-22(33)29-9-7-13(8-10-29)16(20(32)34-4)30-19-14(12-25-30)18-26-17(15-6-5-11-35-15)28-31(18)21(24)27-19/h5-6,11-13,16H,7-10H2,1-4H3,(H2,24,27). The van der Waals surface area contributed by atoms with Gasteiger partial charge in [0.2, 0.25) is 11.8 Å². The Morgan fingerprint density at radius 1 is 1.19 bits per heavy atom. The SMILES string of the molecule is COC(=O)C(C1CCN(C(=O)OC(C)(C)C)CC1)n1ncc2c1nc(N)n1nc(-c3ccco3)nc21. The number of hydrogen-bond acceptors (Lipinski definition) is 10. The Morgan fingerprint density at radius 2 is 1.94 bits per heavy atom. The van der Waals surface area contributed by atoms with Crippen molar-refractivity contribution < 1.29 is 23.5 Å². The average molecular weight is 497 g/mol. The number of esters is 1. The van der Waals surface area contributed by atoms with Crippen LogP contribution in [0.25, 0.3) is 28.3 Å². The van der Waals surface area contributed by atoms with Crippen molar-refractivity contribution in [3.63, 3.8) is 0 Å². The van der Waals surface area contributed by atoms with Gasteiger partial charge in [-0.15, -0.1) is 5.10 Å². The molecule has 36 heavy (non-hydrogen) atoms. The second-order valence-electron chi connectivity index (χ2n) is 9.72. The Balaban J connectivity index is 1.47. The Bertz CT molecular complexity index is 1410. The first kappa shape index (κ1) is 23.6. The zero-order valence-electron chi connectivity index (χ0n) is 20.5. The number of fused-ring (bicyclic) bond motifs is 3. The lowest BCUT2D eigenvalue weighted by Crippen LogP contribution is -2.44. The molecule has 1 fully saturated rings. The number of furan rings is 1. The number of rotatable bonds is 4. The fourth-order valence-electron chi connectivity index (χ4n) is 4.48. The first-order valence-electron chi connectivity index (χ1n) is 11.7. The molecule has 1 aliphatic heterocycles. The maximum Gasteiger partial charge on any atom is 0.410 e. The minimum Gasteiger partial charge on any atom is -0.467 e. The van der Waals surface area contributed by atoms with Gasteiger partial charge in [-0.3, -0.25) is 0 Å². The summed E-state index contributed by atoms with van der Waals surface area (Å²) >= 11 is 0. The molecule has 0 aliphatic carbocycles. The van der Waals surface area contributed by atoms with E-state index in [-0.39, 0.29) is 18.0 Å². The van der Waals surface area contributed by atoms with E-state index in [1.165, 1.54) is 22.6 Å². The van der Waals surface area contributed by atoms with E-state index < -0.39 is 17.6 Å². The van der Waals surface area contributed by atoms with Crippen molar-refractivity contribution >= 4 is 34.7 Å². The summed E-state index contributed by atoms with van der Waals surface area (Å²) in [6, 6.07) is 2.73. The highest BCUT2D eigenvalue weighted by molar-refractivity contribution is 5.91. The van der Waals surface area contributed by atoms with Crippen LogP contribution in [0.3, 0.4) is 0 Å². The Morgan fingerprint density at radius 3 is 2.58 bits per heavy atom. The molecule has 5 rings (SSSR count). The van der Waals surface area contributed by atoms with Crippen LogP contribution in [0.4, 0.5) is 10.7 Å². The van der Waals surface area contributed by atoms with Crippen LogP contribution < -0.4 is 5.73 Å². The van der Waals surface area contributed by atoms with E-state index in [1.807, 2.05) is 20.8 Å². The first-order chi connectivity index (χ1) is 17.2. The van der Waals surface area contributed by atoms with E-state index in [2.05, 4.69) is 20.2 Å². The molecule has 5 heterocycles. The molecule has 1 amide bonds. The molecule has 4 aromatic heterocycles. The number of nitrogens with two attached hydrogens (primary N) is 1. The number of aromatic nitrogens is 6. The monoisotopic (exact) mass is 496 g/mol. The summed E-state index contributed by atoms with van der Waals surface area (Å²) in [6.07, 6.45) is 3.88. The largest absolute Gasteiger partial charge is 0.467 e. The smallest absolute Gasteiger partial charge is 0.410 e. The normalized spacial score (nSPS) is 15.9. The summed E-state index contributed by atoms with van der Waals surface area (Å²) in [6.45, 7) is 6.38. The number of likely N-dealkylation sites (tertiary alicyclic amines) is 1. The summed E-state index contributed by atoms with van der Waals surface area (Å²) in [5.74, 6) is 0.340. The topological polar surface area (TPSA) is 156 Å². The van der Waals surface area contributed by atoms with Gasteiger partial charge in [0, 0.05) is 13.1 Å². The highest BCUT2D eigenvalue weighted by Gasteiger charge is 2.37. The average Bonchev–Trinajstić information content (AvgIpc) is 3.58. The predicted molar refractivity (Wildman–Crippen MR) is 128 cm³/mol. The van der Waals surface area contributed by atoms with Gasteiger partial charge in [0.1, 0.15) is 5.60 Å². The summed E-state index contributed by atoms with van der Waals surface area (Å²) in [5, 5.41) is 9.47. The lowest BCUT2D eigenvalue weighted by Gasteiger charge is -2.35. The van der Waals surface area contributed by atoms with Crippen LogP contribution in [0, 0.1) is 5.92 Å². The van der Waals surface area contributed by atoms with Crippen molar-refractivity contribution in [2.45, 2.75) is 45.3 Å². The minimum absolute atomic E-state index is 0.0907. The number of carbonyl (C=O) groups excluding carboxylic acids is 2. The van der Waals surface area contributed by atoms with Crippen molar-refractivity contribution in [1.29, 1.82) is 0 Å². The van der Waals surface area contributed by atoms with Crippen LogP contribution in [0.1, 0.15) is 39.7 Å². The molecule has 0 saturated carbocycles. The number of ether oxygens (including phenoxy) is 2. The molecule has 0 bridgehead atoms. The molecule has 1 atom stereocenters. The number of nitrogens with zero attached hydrogens (tertiary/aromatic N) is 7. The van der Waals surface area contributed by atoms with Crippen LogP contribution in [0.5, 0.6) is 0 Å².